The van der Waals surface area contributed by atoms with E-state index in [4.69, 9.17) is 5.11 Å². The van der Waals surface area contributed by atoms with Gasteiger partial charge in [0.05, 0.1) is 11.8 Å². The van der Waals surface area contributed by atoms with E-state index >= 15 is 0 Å². The Bertz CT molecular complexity index is 164. The quantitative estimate of drug-likeness (QED) is 0.294. The van der Waals surface area contributed by atoms with E-state index in [1.807, 2.05) is 0 Å². The van der Waals surface area contributed by atoms with Gasteiger partial charge in [0.1, 0.15) is 0 Å². The Morgan fingerprint density at radius 3 is 2.00 bits per heavy atom. The molecular formula is C2H5N3O5. The van der Waals surface area contributed by atoms with Crippen molar-refractivity contribution in [1.29, 1.82) is 0 Å². The van der Waals surface area contributed by atoms with Crippen LogP contribution < -0.4 is 5.43 Å². The molecule has 1 atom stereocenters. The van der Waals surface area contributed by atoms with Gasteiger partial charge in [-0.2, -0.15) is 0 Å². The molecule has 0 amide bonds. The number of rotatable bonds is 3. The average molecular weight is 151 g/mol. The third kappa shape index (κ3) is 2.22. The highest BCUT2D eigenvalue weighted by molar-refractivity contribution is 4.43. The zero-order chi connectivity index (χ0) is 8.36. The fraction of sp³-hybridized carbons (Fsp3) is 1.00. The van der Waals surface area contributed by atoms with E-state index < -0.39 is 15.8 Å². The second kappa shape index (κ2) is 2.43. The number of hydrogen-bond donors (Lipinski definition) is 2. The van der Waals surface area contributed by atoms with Crippen molar-refractivity contribution < 1.29 is 15.1 Å². The molecule has 8 nitrogen and oxygen atoms in total. The van der Waals surface area contributed by atoms with Crippen LogP contribution in [0.3, 0.4) is 0 Å². The van der Waals surface area contributed by atoms with Crippen LogP contribution in [-0.4, -0.2) is 20.9 Å². The Balaban J connectivity index is 4.13. The zero-order valence-corrected chi connectivity index (χ0v) is 4.97. The predicted molar refractivity (Wildman–Crippen MR) is 27.7 cm³/mol. The summed E-state index contributed by atoms with van der Waals surface area (Å²) in [4.78, 5) is 18.1. The van der Waals surface area contributed by atoms with Gasteiger partial charge < -0.3 is 5.11 Å². The molecule has 1 unspecified atom stereocenters. The first-order valence-corrected chi connectivity index (χ1v) is 2.15. The van der Waals surface area contributed by atoms with Crippen LogP contribution in [0.25, 0.3) is 0 Å². The first-order valence-electron chi connectivity index (χ1n) is 2.15. The molecule has 0 aliphatic carbocycles. The van der Waals surface area contributed by atoms with Gasteiger partial charge in [-0.1, -0.05) is 0 Å². The number of nitrogens with one attached hydrogen (secondary N) is 1. The first-order chi connectivity index (χ1) is 4.36. The molecule has 0 fully saturated rings. The molecule has 58 valence electrons. The van der Waals surface area contributed by atoms with E-state index in [-0.39, 0.29) is 0 Å². The summed E-state index contributed by atoms with van der Waals surface area (Å²) in [5.74, 6) is -2.70. The molecule has 0 aliphatic rings. The highest BCUT2D eigenvalue weighted by Crippen LogP contribution is 1.96. The van der Waals surface area contributed by atoms with Gasteiger partial charge in [0.2, 0.25) is 0 Å². The molecule has 10 heavy (non-hydrogen) atoms. The van der Waals surface area contributed by atoms with E-state index in [0.717, 1.165) is 5.43 Å². The van der Waals surface area contributed by atoms with Crippen LogP contribution >= 0.6 is 0 Å². The van der Waals surface area contributed by atoms with Gasteiger partial charge in [0, 0.05) is 0 Å². The lowest BCUT2D eigenvalue weighted by Crippen LogP contribution is -2.51. The second-order valence-corrected chi connectivity index (χ2v) is 1.65. The van der Waals surface area contributed by atoms with Gasteiger partial charge in [0.25, 0.3) is 0 Å². The number of hydrogen-bond acceptors (Lipinski definition) is 5. The van der Waals surface area contributed by atoms with Gasteiger partial charge in [-0.25, -0.2) is 10.1 Å². The molecule has 0 saturated heterocycles. The second-order valence-electron chi connectivity index (χ2n) is 1.65. The van der Waals surface area contributed by atoms with Gasteiger partial charge in [0.15, 0.2) is 5.03 Å². The minimum Gasteiger partial charge on any atom is -0.309 e. The zero-order valence-electron chi connectivity index (χ0n) is 4.97. The van der Waals surface area contributed by atoms with Crippen LogP contribution in [0, 0.1) is 20.2 Å². The van der Waals surface area contributed by atoms with Crippen molar-refractivity contribution in [3.05, 3.63) is 20.2 Å². The first kappa shape index (κ1) is 8.56. The Labute approximate surface area is 54.7 Å². The molecule has 0 saturated carbocycles. The van der Waals surface area contributed by atoms with Crippen LogP contribution in [-0.2, 0) is 0 Å². The van der Waals surface area contributed by atoms with Gasteiger partial charge >= 0.3 is 5.85 Å². The fourth-order valence-corrected chi connectivity index (χ4v) is 0.214. The van der Waals surface area contributed by atoms with Crippen molar-refractivity contribution in [1.82, 2.24) is 5.43 Å². The normalized spacial score (nSPS) is 15.4. The van der Waals surface area contributed by atoms with Gasteiger partial charge in [-0.3, -0.25) is 10.1 Å². The molecule has 0 aliphatic heterocycles. The van der Waals surface area contributed by atoms with Crippen LogP contribution in [0.5, 0.6) is 0 Å². The highest BCUT2D eigenvalue weighted by Gasteiger charge is 2.39. The van der Waals surface area contributed by atoms with Crippen molar-refractivity contribution in [2.75, 3.05) is 0 Å². The standard InChI is InChI=1S/C2H5N3O5/c1-2(6,4(7)8)3-5(9)10/h3,6H,1H3. The van der Waals surface area contributed by atoms with E-state index in [1.54, 1.807) is 0 Å². The summed E-state index contributed by atoms with van der Waals surface area (Å²) in [6.07, 6.45) is 0. The SMILES string of the molecule is CC(O)(N[N+](=O)[O-])[N+](=O)[O-]. The molecule has 0 radical (unpaired) electrons. The van der Waals surface area contributed by atoms with E-state index in [0.29, 0.717) is 6.92 Å². The summed E-state index contributed by atoms with van der Waals surface area (Å²) >= 11 is 0. The number of aliphatic hydroxyl groups is 1. The lowest BCUT2D eigenvalue weighted by Gasteiger charge is -2.08. The molecule has 8 heteroatoms. The maximum atomic E-state index is 9.75. The summed E-state index contributed by atoms with van der Waals surface area (Å²) in [5.41, 5.74) is 1.10. The van der Waals surface area contributed by atoms with Crippen molar-refractivity contribution in [2.24, 2.45) is 0 Å². The smallest absolute Gasteiger partial charge is 0.309 e. The molecule has 0 aromatic rings. The van der Waals surface area contributed by atoms with Crippen LogP contribution in [0.1, 0.15) is 6.92 Å². The summed E-state index contributed by atoms with van der Waals surface area (Å²) in [6.45, 7) is 0.663. The molecule has 0 rings (SSSR count). The lowest BCUT2D eigenvalue weighted by atomic mass is 10.5. The van der Waals surface area contributed by atoms with Crippen molar-refractivity contribution in [3.63, 3.8) is 0 Å². The van der Waals surface area contributed by atoms with Gasteiger partial charge in [-0.15, -0.1) is 0 Å². The maximum absolute atomic E-state index is 9.75. The number of nitrogens with zero attached hydrogens (tertiary/aromatic N) is 2. The number of nitro groups is 2. The monoisotopic (exact) mass is 151 g/mol. The van der Waals surface area contributed by atoms with Crippen LogP contribution in [0.15, 0.2) is 0 Å². The van der Waals surface area contributed by atoms with Crippen molar-refractivity contribution >= 4 is 0 Å². The van der Waals surface area contributed by atoms with E-state index in [1.165, 1.54) is 0 Å². The summed E-state index contributed by atoms with van der Waals surface area (Å²) in [6, 6.07) is 0. The van der Waals surface area contributed by atoms with Crippen molar-refractivity contribution in [2.45, 2.75) is 12.8 Å². The maximum Gasteiger partial charge on any atom is 0.449 e. The molecule has 0 aromatic carbocycles. The Kier molecular flexibility index (Phi) is 2.08. The molecule has 0 heterocycles. The molecule has 0 bridgehead atoms. The number of hydrazine groups is 1. The average Bonchev–Trinajstić information content (AvgIpc) is 1.60. The molecular weight excluding hydrogens is 146 g/mol. The van der Waals surface area contributed by atoms with Crippen molar-refractivity contribution in [3.8, 4) is 0 Å². The van der Waals surface area contributed by atoms with Crippen LogP contribution in [0.4, 0.5) is 0 Å². The summed E-state index contributed by atoms with van der Waals surface area (Å²) in [7, 11) is 0. The molecule has 2 N–H and O–H groups in total. The highest BCUT2D eigenvalue weighted by atomic mass is 16.7. The minimum absolute atomic E-state index is 0.663. The van der Waals surface area contributed by atoms with E-state index in [2.05, 4.69) is 0 Å². The summed E-state index contributed by atoms with van der Waals surface area (Å²) in [5, 5.41) is 26.6. The van der Waals surface area contributed by atoms with Crippen LogP contribution in [0.2, 0.25) is 0 Å². The Morgan fingerprint density at radius 2 is 1.90 bits per heavy atom. The predicted octanol–water partition coefficient (Wildman–Crippen LogP) is -1.29. The third-order valence-electron chi connectivity index (χ3n) is 0.659. The lowest BCUT2D eigenvalue weighted by molar-refractivity contribution is -0.709. The molecule has 0 spiro atoms. The summed E-state index contributed by atoms with van der Waals surface area (Å²) < 4.78 is 0. The largest absolute Gasteiger partial charge is 0.449 e. The van der Waals surface area contributed by atoms with Gasteiger partial charge in [-0.05, 0) is 5.43 Å². The molecule has 0 aromatic heterocycles. The fourth-order valence-electron chi connectivity index (χ4n) is 0.214. The van der Waals surface area contributed by atoms with E-state index in [9.17, 15) is 20.2 Å². The third-order valence-corrected chi connectivity index (χ3v) is 0.659. The minimum atomic E-state index is -2.70. The Morgan fingerprint density at radius 1 is 1.50 bits per heavy atom. The Hall–Kier alpha value is -1.44. The topological polar surface area (TPSA) is 119 Å².